The molecule has 0 unspecified atom stereocenters. The van der Waals surface area contributed by atoms with Gasteiger partial charge in [0.15, 0.2) is 0 Å². The van der Waals surface area contributed by atoms with Crippen LogP contribution in [0.1, 0.15) is 5.56 Å². The Kier molecular flexibility index (Phi) is 5.34. The summed E-state index contributed by atoms with van der Waals surface area (Å²) in [6.07, 6.45) is 0. The largest absolute Gasteiger partial charge is 0.376 e. The van der Waals surface area contributed by atoms with E-state index in [-0.39, 0.29) is 12.5 Å². The summed E-state index contributed by atoms with van der Waals surface area (Å²) in [6, 6.07) is 10.8. The second kappa shape index (κ2) is 7.03. The number of rotatable bonds is 4. The van der Waals surface area contributed by atoms with Gasteiger partial charge in [-0.1, -0.05) is 46.9 Å². The van der Waals surface area contributed by atoms with Crippen LogP contribution in [0.2, 0.25) is 15.1 Å². The van der Waals surface area contributed by atoms with E-state index in [2.05, 4.69) is 10.6 Å². The summed E-state index contributed by atoms with van der Waals surface area (Å²) in [5.41, 5.74) is 2.43. The Hall–Kier alpha value is -1.42. The van der Waals surface area contributed by atoms with Crippen molar-refractivity contribution in [2.45, 2.75) is 6.92 Å². The van der Waals surface area contributed by atoms with Crippen LogP contribution in [0.3, 0.4) is 0 Å². The molecule has 0 bridgehead atoms. The molecule has 0 spiro atoms. The molecule has 2 rings (SSSR count). The van der Waals surface area contributed by atoms with E-state index in [1.807, 2.05) is 31.2 Å². The first-order valence-electron chi connectivity index (χ1n) is 6.20. The highest BCUT2D eigenvalue weighted by molar-refractivity contribution is 6.44. The van der Waals surface area contributed by atoms with E-state index in [4.69, 9.17) is 34.8 Å². The summed E-state index contributed by atoms with van der Waals surface area (Å²) in [4.78, 5) is 11.9. The van der Waals surface area contributed by atoms with Gasteiger partial charge in [-0.2, -0.15) is 0 Å². The molecule has 0 aliphatic heterocycles. The number of carbonyl (C=O) groups excluding carboxylic acids is 1. The number of anilines is 2. The van der Waals surface area contributed by atoms with E-state index in [0.717, 1.165) is 11.3 Å². The fraction of sp³-hybridized carbons (Fsp3) is 0.133. The number of nitrogens with one attached hydrogen (secondary N) is 2. The number of amides is 1. The summed E-state index contributed by atoms with van der Waals surface area (Å²) < 4.78 is 0. The minimum Gasteiger partial charge on any atom is -0.376 e. The van der Waals surface area contributed by atoms with E-state index >= 15 is 0 Å². The lowest BCUT2D eigenvalue weighted by molar-refractivity contribution is -0.114. The Morgan fingerprint density at radius 3 is 2.48 bits per heavy atom. The van der Waals surface area contributed by atoms with Crippen molar-refractivity contribution >= 4 is 52.1 Å². The van der Waals surface area contributed by atoms with Crippen LogP contribution in [0.15, 0.2) is 36.4 Å². The number of hydrogen-bond donors (Lipinski definition) is 2. The molecule has 0 atom stereocenters. The van der Waals surface area contributed by atoms with Crippen molar-refractivity contribution in [3.8, 4) is 0 Å². The molecular weight excluding hydrogens is 331 g/mol. The van der Waals surface area contributed by atoms with Gasteiger partial charge in [0.2, 0.25) is 5.91 Å². The Morgan fingerprint density at radius 1 is 1.05 bits per heavy atom. The fourth-order valence-electron chi connectivity index (χ4n) is 1.75. The third-order valence-electron chi connectivity index (χ3n) is 2.76. The highest BCUT2D eigenvalue weighted by Crippen LogP contribution is 2.32. The van der Waals surface area contributed by atoms with E-state index < -0.39 is 0 Å². The maximum atomic E-state index is 11.9. The summed E-state index contributed by atoms with van der Waals surface area (Å²) >= 11 is 17.7. The van der Waals surface area contributed by atoms with E-state index in [1.165, 1.54) is 12.1 Å². The first kappa shape index (κ1) is 16.0. The van der Waals surface area contributed by atoms with Gasteiger partial charge >= 0.3 is 0 Å². The molecule has 0 saturated heterocycles. The normalized spacial score (nSPS) is 10.3. The zero-order valence-electron chi connectivity index (χ0n) is 11.2. The van der Waals surface area contributed by atoms with E-state index in [1.54, 1.807) is 0 Å². The number of hydrogen-bond acceptors (Lipinski definition) is 2. The molecule has 0 fully saturated rings. The molecule has 110 valence electrons. The van der Waals surface area contributed by atoms with Crippen LogP contribution in [-0.4, -0.2) is 12.5 Å². The molecule has 0 aliphatic rings. The number of halogens is 3. The zero-order valence-corrected chi connectivity index (χ0v) is 13.5. The molecule has 2 N–H and O–H groups in total. The standard InChI is InChI=1S/C15H13Cl3N2O/c1-9-3-2-4-10(5-9)19-8-15(21)20-14-7-12(17)11(16)6-13(14)18/h2-7,19H,8H2,1H3,(H,20,21). The third-order valence-corrected chi connectivity index (χ3v) is 3.79. The van der Waals surface area contributed by atoms with Crippen molar-refractivity contribution in [2.24, 2.45) is 0 Å². The van der Waals surface area contributed by atoms with Gasteiger partial charge in [0.1, 0.15) is 0 Å². The molecule has 21 heavy (non-hydrogen) atoms. The van der Waals surface area contributed by atoms with Gasteiger partial charge in [0.25, 0.3) is 0 Å². The van der Waals surface area contributed by atoms with Crippen molar-refractivity contribution in [1.82, 2.24) is 0 Å². The van der Waals surface area contributed by atoms with Gasteiger partial charge in [-0.25, -0.2) is 0 Å². The van der Waals surface area contributed by atoms with Gasteiger partial charge in [-0.15, -0.1) is 0 Å². The molecule has 2 aromatic rings. The zero-order chi connectivity index (χ0) is 15.4. The van der Waals surface area contributed by atoms with Gasteiger partial charge < -0.3 is 10.6 Å². The highest BCUT2D eigenvalue weighted by Gasteiger charge is 2.09. The van der Waals surface area contributed by atoms with Crippen molar-refractivity contribution < 1.29 is 4.79 Å². The first-order chi connectivity index (χ1) is 9.95. The Bertz CT molecular complexity index is 674. The van der Waals surface area contributed by atoms with Crippen LogP contribution in [0.5, 0.6) is 0 Å². The molecular formula is C15H13Cl3N2O. The lowest BCUT2D eigenvalue weighted by Crippen LogP contribution is -2.21. The summed E-state index contributed by atoms with van der Waals surface area (Å²) in [5.74, 6) is -0.225. The second-order valence-electron chi connectivity index (χ2n) is 4.52. The smallest absolute Gasteiger partial charge is 0.243 e. The minimum absolute atomic E-state index is 0.125. The molecule has 6 heteroatoms. The van der Waals surface area contributed by atoms with Crippen molar-refractivity contribution in [3.63, 3.8) is 0 Å². The Balaban J connectivity index is 1.97. The molecule has 0 aliphatic carbocycles. The van der Waals surface area contributed by atoms with Crippen molar-refractivity contribution in [2.75, 3.05) is 17.2 Å². The molecule has 0 heterocycles. The SMILES string of the molecule is Cc1cccc(NCC(=O)Nc2cc(Cl)c(Cl)cc2Cl)c1. The van der Waals surface area contributed by atoms with Gasteiger partial charge in [-0.05, 0) is 36.8 Å². The third kappa shape index (κ3) is 4.53. The van der Waals surface area contributed by atoms with Crippen molar-refractivity contribution in [3.05, 3.63) is 57.0 Å². The van der Waals surface area contributed by atoms with Gasteiger partial charge in [-0.3, -0.25) is 4.79 Å². The van der Waals surface area contributed by atoms with Crippen molar-refractivity contribution in [1.29, 1.82) is 0 Å². The number of aryl methyl sites for hydroxylation is 1. The van der Waals surface area contributed by atoms with Crippen LogP contribution in [-0.2, 0) is 4.79 Å². The predicted octanol–water partition coefficient (Wildman–Crippen LogP) is 5.01. The Labute approximate surface area is 138 Å². The lowest BCUT2D eigenvalue weighted by atomic mass is 10.2. The first-order valence-corrected chi connectivity index (χ1v) is 7.34. The van der Waals surface area contributed by atoms with E-state index in [9.17, 15) is 4.79 Å². The molecule has 0 radical (unpaired) electrons. The molecule has 0 aromatic heterocycles. The number of benzene rings is 2. The Morgan fingerprint density at radius 2 is 1.76 bits per heavy atom. The summed E-state index contributed by atoms with van der Waals surface area (Å²) in [6.45, 7) is 2.11. The second-order valence-corrected chi connectivity index (χ2v) is 5.74. The molecule has 2 aromatic carbocycles. The predicted molar refractivity (Wildman–Crippen MR) is 89.8 cm³/mol. The topological polar surface area (TPSA) is 41.1 Å². The average Bonchev–Trinajstić information content (AvgIpc) is 2.43. The fourth-order valence-corrected chi connectivity index (χ4v) is 2.34. The summed E-state index contributed by atoms with van der Waals surface area (Å²) in [7, 11) is 0. The highest BCUT2D eigenvalue weighted by atomic mass is 35.5. The molecule has 0 saturated carbocycles. The van der Waals surface area contributed by atoms with Crippen LogP contribution < -0.4 is 10.6 Å². The van der Waals surface area contributed by atoms with Crippen LogP contribution >= 0.6 is 34.8 Å². The van der Waals surface area contributed by atoms with Gasteiger partial charge in [0, 0.05) is 5.69 Å². The average molecular weight is 344 g/mol. The maximum Gasteiger partial charge on any atom is 0.243 e. The van der Waals surface area contributed by atoms with Gasteiger partial charge in [0.05, 0.1) is 27.3 Å². The quantitative estimate of drug-likeness (QED) is 0.766. The minimum atomic E-state index is -0.225. The summed E-state index contributed by atoms with van der Waals surface area (Å²) in [5, 5.41) is 6.75. The molecule has 3 nitrogen and oxygen atoms in total. The van der Waals surface area contributed by atoms with E-state index in [0.29, 0.717) is 20.8 Å². The van der Waals surface area contributed by atoms with Crippen LogP contribution in [0.25, 0.3) is 0 Å². The van der Waals surface area contributed by atoms with Crippen LogP contribution in [0.4, 0.5) is 11.4 Å². The lowest BCUT2D eigenvalue weighted by Gasteiger charge is -2.10. The van der Waals surface area contributed by atoms with Crippen LogP contribution in [0, 0.1) is 6.92 Å². The maximum absolute atomic E-state index is 11.9. The monoisotopic (exact) mass is 342 g/mol. The molecule has 1 amide bonds. The number of carbonyl (C=O) groups is 1.